The molecule has 2 saturated heterocycles. The number of aromatic nitrogens is 1. The van der Waals surface area contributed by atoms with Crippen molar-refractivity contribution in [1.29, 1.82) is 0 Å². The van der Waals surface area contributed by atoms with Gasteiger partial charge in [-0.2, -0.15) is 0 Å². The first-order chi connectivity index (χ1) is 12.2. The van der Waals surface area contributed by atoms with E-state index in [0.717, 1.165) is 36.8 Å². The zero-order valence-electron chi connectivity index (χ0n) is 13.8. The summed E-state index contributed by atoms with van der Waals surface area (Å²) < 4.78 is 6.02. The molecule has 2 bridgehead atoms. The second kappa shape index (κ2) is 7.12. The van der Waals surface area contributed by atoms with Gasteiger partial charge in [-0.05, 0) is 36.2 Å². The van der Waals surface area contributed by atoms with Gasteiger partial charge in [-0.25, -0.2) is 0 Å². The first-order valence-corrected chi connectivity index (χ1v) is 8.88. The maximum Gasteiger partial charge on any atom is 0.230 e. The number of amides is 1. The Bertz CT molecular complexity index is 738. The summed E-state index contributed by atoms with van der Waals surface area (Å²) in [4.78, 5) is 19.0. The summed E-state index contributed by atoms with van der Waals surface area (Å²) in [6.07, 6.45) is 4.19. The Balaban J connectivity index is 1.38. The number of benzene rings is 1. The van der Waals surface area contributed by atoms with Gasteiger partial charge < -0.3 is 10.1 Å². The summed E-state index contributed by atoms with van der Waals surface area (Å²) in [5.74, 6) is -0.0886. The van der Waals surface area contributed by atoms with E-state index in [2.05, 4.69) is 15.2 Å². The molecule has 6 heteroatoms. The predicted octanol–water partition coefficient (Wildman–Crippen LogP) is 2.96. The molecule has 5 nitrogen and oxygen atoms in total. The number of morpholine rings is 1. The lowest BCUT2D eigenvalue weighted by molar-refractivity contribution is -0.123. The van der Waals surface area contributed by atoms with Crippen LogP contribution in [0.4, 0.5) is 5.69 Å². The van der Waals surface area contributed by atoms with Crippen molar-refractivity contribution in [3.8, 4) is 0 Å². The van der Waals surface area contributed by atoms with Gasteiger partial charge in [-0.1, -0.05) is 23.7 Å². The Morgan fingerprint density at radius 3 is 2.88 bits per heavy atom. The van der Waals surface area contributed by atoms with Crippen molar-refractivity contribution in [2.45, 2.75) is 25.2 Å². The molecule has 3 atom stereocenters. The molecule has 2 aromatic rings. The molecule has 2 fully saturated rings. The van der Waals surface area contributed by atoms with Crippen LogP contribution in [0.3, 0.4) is 0 Å². The van der Waals surface area contributed by atoms with Gasteiger partial charge in [0.15, 0.2) is 0 Å². The molecule has 0 aliphatic carbocycles. The number of anilines is 1. The summed E-state index contributed by atoms with van der Waals surface area (Å²) >= 11 is 5.95. The zero-order chi connectivity index (χ0) is 17.2. The highest BCUT2D eigenvalue weighted by atomic mass is 35.5. The van der Waals surface area contributed by atoms with Gasteiger partial charge in [-0.3, -0.25) is 14.7 Å². The Labute approximate surface area is 152 Å². The van der Waals surface area contributed by atoms with E-state index in [4.69, 9.17) is 16.3 Å². The minimum atomic E-state index is -0.111. The number of halogens is 1. The zero-order valence-corrected chi connectivity index (χ0v) is 14.5. The van der Waals surface area contributed by atoms with Gasteiger partial charge in [0.1, 0.15) is 0 Å². The van der Waals surface area contributed by atoms with Crippen molar-refractivity contribution in [1.82, 2.24) is 9.88 Å². The van der Waals surface area contributed by atoms with Crippen LogP contribution in [0.1, 0.15) is 12.0 Å². The maximum absolute atomic E-state index is 12.6. The largest absolute Gasteiger partial charge is 0.371 e. The molecule has 25 heavy (non-hydrogen) atoms. The summed E-state index contributed by atoms with van der Waals surface area (Å²) in [6, 6.07) is 11.6. The van der Waals surface area contributed by atoms with Crippen molar-refractivity contribution >= 4 is 23.2 Å². The molecule has 1 amide bonds. The monoisotopic (exact) mass is 357 g/mol. The molecule has 0 unspecified atom stereocenters. The summed E-state index contributed by atoms with van der Waals surface area (Å²) in [6.45, 7) is 2.48. The minimum Gasteiger partial charge on any atom is -0.371 e. The molecule has 2 aliphatic rings. The number of carbonyl (C=O) groups excluding carboxylic acids is 1. The van der Waals surface area contributed by atoms with E-state index >= 15 is 0 Å². The molecule has 130 valence electrons. The van der Waals surface area contributed by atoms with Gasteiger partial charge in [0.2, 0.25) is 5.91 Å². The number of hydrogen-bond donors (Lipinski definition) is 1. The Hall–Kier alpha value is -1.95. The Kier molecular flexibility index (Phi) is 4.70. The van der Waals surface area contributed by atoms with E-state index in [0.29, 0.717) is 0 Å². The van der Waals surface area contributed by atoms with Crippen LogP contribution in [0, 0.1) is 5.92 Å². The average Bonchev–Trinajstić information content (AvgIpc) is 2.92. The van der Waals surface area contributed by atoms with E-state index in [-0.39, 0.29) is 24.0 Å². The summed E-state index contributed by atoms with van der Waals surface area (Å²) in [5, 5.41) is 3.70. The lowest BCUT2D eigenvalue weighted by Gasteiger charge is -2.32. The van der Waals surface area contributed by atoms with E-state index in [1.807, 2.05) is 36.4 Å². The fraction of sp³-hybridized carbons (Fsp3) is 0.368. The van der Waals surface area contributed by atoms with Gasteiger partial charge in [0.25, 0.3) is 0 Å². The Morgan fingerprint density at radius 2 is 2.12 bits per heavy atom. The quantitative estimate of drug-likeness (QED) is 0.914. The van der Waals surface area contributed by atoms with Crippen molar-refractivity contribution in [3.05, 3.63) is 59.4 Å². The molecule has 3 heterocycles. The minimum absolute atomic E-state index is 0.0221. The maximum atomic E-state index is 12.6. The number of rotatable bonds is 4. The van der Waals surface area contributed by atoms with Crippen LogP contribution in [0.2, 0.25) is 5.02 Å². The van der Waals surface area contributed by atoms with Crippen LogP contribution < -0.4 is 5.32 Å². The highest BCUT2D eigenvalue weighted by Gasteiger charge is 2.44. The van der Waals surface area contributed by atoms with Crippen LogP contribution in [0.5, 0.6) is 0 Å². The fourth-order valence-electron chi connectivity index (χ4n) is 3.66. The second-order valence-corrected chi connectivity index (χ2v) is 7.13. The highest BCUT2D eigenvalue weighted by Crippen LogP contribution is 2.33. The smallest absolute Gasteiger partial charge is 0.230 e. The molecule has 0 saturated carbocycles. The topological polar surface area (TPSA) is 54.5 Å². The van der Waals surface area contributed by atoms with Crippen LogP contribution in [-0.2, 0) is 16.1 Å². The van der Waals surface area contributed by atoms with E-state index < -0.39 is 0 Å². The normalized spacial score (nSPS) is 25.7. The molecule has 1 aromatic carbocycles. The first kappa shape index (κ1) is 16.5. The third-order valence-electron chi connectivity index (χ3n) is 4.82. The van der Waals surface area contributed by atoms with Crippen molar-refractivity contribution in [3.63, 3.8) is 0 Å². The summed E-state index contributed by atoms with van der Waals surface area (Å²) in [5.41, 5.74) is 1.95. The number of ether oxygens (including phenoxy) is 1. The highest BCUT2D eigenvalue weighted by molar-refractivity contribution is 6.30. The number of likely N-dealkylation sites (tertiary alicyclic amines) is 1. The number of hydrogen-bond acceptors (Lipinski definition) is 4. The molecular formula is C19H20ClN3O2. The molecule has 1 aromatic heterocycles. The average molecular weight is 358 g/mol. The van der Waals surface area contributed by atoms with E-state index in [9.17, 15) is 4.79 Å². The van der Waals surface area contributed by atoms with E-state index in [1.165, 1.54) is 5.56 Å². The molecule has 0 spiro atoms. The van der Waals surface area contributed by atoms with Crippen molar-refractivity contribution in [2.75, 3.05) is 18.4 Å². The number of carbonyl (C=O) groups is 1. The van der Waals surface area contributed by atoms with Gasteiger partial charge in [0, 0.05) is 30.9 Å². The summed E-state index contributed by atoms with van der Waals surface area (Å²) in [7, 11) is 0. The van der Waals surface area contributed by atoms with Crippen LogP contribution in [0.15, 0.2) is 48.8 Å². The molecule has 4 rings (SSSR count). The van der Waals surface area contributed by atoms with Gasteiger partial charge in [0.05, 0.1) is 30.0 Å². The fourth-order valence-corrected chi connectivity index (χ4v) is 3.79. The molecule has 0 radical (unpaired) electrons. The van der Waals surface area contributed by atoms with Crippen molar-refractivity contribution in [2.24, 2.45) is 5.92 Å². The molecule has 1 N–H and O–H groups in total. The lowest BCUT2D eigenvalue weighted by atomic mass is 9.99. The second-order valence-electron chi connectivity index (χ2n) is 6.69. The predicted molar refractivity (Wildman–Crippen MR) is 96.4 cm³/mol. The molecular weight excluding hydrogens is 338 g/mol. The number of fused-ring (bicyclic) bond motifs is 2. The first-order valence-electron chi connectivity index (χ1n) is 8.50. The third kappa shape index (κ3) is 3.84. The number of pyridine rings is 1. The SMILES string of the molecule is O=C(Nc1cccnc1)[C@H]1C[C@H]2CN(Cc3ccc(Cl)cc3)C[C@H]1O2. The number of nitrogens with zero attached hydrogens (tertiary/aromatic N) is 2. The number of nitrogens with one attached hydrogen (secondary N) is 1. The van der Waals surface area contributed by atoms with Crippen molar-refractivity contribution < 1.29 is 9.53 Å². The third-order valence-corrected chi connectivity index (χ3v) is 5.07. The van der Waals surface area contributed by atoms with Crippen LogP contribution in [0.25, 0.3) is 0 Å². The van der Waals surface area contributed by atoms with Crippen LogP contribution in [-0.4, -0.2) is 41.1 Å². The van der Waals surface area contributed by atoms with Gasteiger partial charge >= 0.3 is 0 Å². The van der Waals surface area contributed by atoms with Crippen LogP contribution >= 0.6 is 11.6 Å². The molecule has 2 aliphatic heterocycles. The lowest BCUT2D eigenvalue weighted by Crippen LogP contribution is -2.44. The standard InChI is InChI=1S/C19H20ClN3O2/c20-14-5-3-13(4-6-14)10-23-11-16-8-17(18(12-23)25-16)19(24)22-15-2-1-7-21-9-15/h1-7,9,16-18H,8,10-12H2,(H,22,24)/t16-,17-,18+/m0/s1. The van der Waals surface area contributed by atoms with Gasteiger partial charge in [-0.15, -0.1) is 0 Å². The van der Waals surface area contributed by atoms with E-state index in [1.54, 1.807) is 12.4 Å². The Morgan fingerprint density at radius 1 is 1.28 bits per heavy atom.